The maximum Gasteiger partial charge on any atom is 0.0542 e. The number of rotatable bonds is 3. The lowest BCUT2D eigenvalue weighted by molar-refractivity contribution is 0.870. The molecular formula is C31H23N3. The van der Waals surface area contributed by atoms with E-state index < -0.39 is 0 Å². The van der Waals surface area contributed by atoms with Crippen molar-refractivity contribution in [2.75, 3.05) is 5.73 Å². The van der Waals surface area contributed by atoms with Gasteiger partial charge in [-0.1, -0.05) is 60.7 Å². The Balaban J connectivity index is 1.46. The molecule has 7 aromatic rings. The smallest absolute Gasteiger partial charge is 0.0542 e. The van der Waals surface area contributed by atoms with Crippen LogP contribution in [0.2, 0.25) is 0 Å². The number of hydrogen-bond acceptors (Lipinski definition) is 1. The van der Waals surface area contributed by atoms with Gasteiger partial charge in [-0.05, 0) is 60.2 Å². The largest absolute Gasteiger partial charge is 0.399 e. The number of anilines is 1. The van der Waals surface area contributed by atoms with E-state index in [0.717, 1.165) is 17.9 Å². The van der Waals surface area contributed by atoms with E-state index in [0.29, 0.717) is 0 Å². The highest BCUT2D eigenvalue weighted by Crippen LogP contribution is 2.35. The summed E-state index contributed by atoms with van der Waals surface area (Å²) in [7, 11) is 0. The summed E-state index contributed by atoms with van der Waals surface area (Å²) in [5.41, 5.74) is 14.3. The molecule has 3 heteroatoms. The van der Waals surface area contributed by atoms with E-state index in [2.05, 4.69) is 118 Å². The van der Waals surface area contributed by atoms with Gasteiger partial charge in [0.2, 0.25) is 0 Å². The van der Waals surface area contributed by atoms with Gasteiger partial charge in [0.1, 0.15) is 0 Å². The van der Waals surface area contributed by atoms with Crippen LogP contribution in [0.1, 0.15) is 5.56 Å². The molecule has 0 saturated heterocycles. The molecule has 0 bridgehead atoms. The Morgan fingerprint density at radius 1 is 0.500 bits per heavy atom. The van der Waals surface area contributed by atoms with Gasteiger partial charge < -0.3 is 14.9 Å². The molecule has 0 atom stereocenters. The van der Waals surface area contributed by atoms with Crippen LogP contribution in [-0.4, -0.2) is 9.13 Å². The van der Waals surface area contributed by atoms with E-state index in [4.69, 9.17) is 5.73 Å². The van der Waals surface area contributed by atoms with E-state index in [1.807, 2.05) is 6.07 Å². The molecule has 34 heavy (non-hydrogen) atoms. The van der Waals surface area contributed by atoms with Crippen molar-refractivity contribution in [1.29, 1.82) is 0 Å². The van der Waals surface area contributed by atoms with Crippen molar-refractivity contribution in [1.82, 2.24) is 9.13 Å². The summed E-state index contributed by atoms with van der Waals surface area (Å²) in [6.07, 6.45) is 0. The summed E-state index contributed by atoms with van der Waals surface area (Å²) in [5, 5.41) is 5.01. The Hall–Kier alpha value is -4.50. The molecule has 0 fully saturated rings. The topological polar surface area (TPSA) is 35.9 Å². The fraction of sp³-hybridized carbons (Fsp3) is 0.0323. The fourth-order valence-corrected chi connectivity index (χ4v) is 5.40. The molecule has 0 spiro atoms. The van der Waals surface area contributed by atoms with Crippen molar-refractivity contribution in [3.05, 3.63) is 121 Å². The fourth-order valence-electron chi connectivity index (χ4n) is 5.40. The first kappa shape index (κ1) is 19.0. The second-order valence-electron chi connectivity index (χ2n) is 8.92. The highest BCUT2D eigenvalue weighted by atomic mass is 15.0. The van der Waals surface area contributed by atoms with Crippen molar-refractivity contribution in [2.24, 2.45) is 0 Å². The first-order valence-electron chi connectivity index (χ1n) is 11.6. The Labute approximate surface area is 197 Å². The number of aromatic nitrogens is 2. The van der Waals surface area contributed by atoms with Crippen LogP contribution in [0.25, 0.3) is 49.3 Å². The van der Waals surface area contributed by atoms with Crippen LogP contribution in [-0.2, 0) is 6.54 Å². The lowest BCUT2D eigenvalue weighted by Crippen LogP contribution is -1.99. The van der Waals surface area contributed by atoms with Gasteiger partial charge in [0, 0.05) is 50.5 Å². The van der Waals surface area contributed by atoms with E-state index >= 15 is 0 Å². The zero-order valence-corrected chi connectivity index (χ0v) is 18.6. The molecule has 2 N–H and O–H groups in total. The zero-order valence-electron chi connectivity index (χ0n) is 18.6. The van der Waals surface area contributed by atoms with Gasteiger partial charge in [0.15, 0.2) is 0 Å². The Kier molecular flexibility index (Phi) is 4.06. The van der Waals surface area contributed by atoms with Crippen LogP contribution < -0.4 is 5.73 Å². The Bertz CT molecular complexity index is 1780. The van der Waals surface area contributed by atoms with Crippen LogP contribution in [0.3, 0.4) is 0 Å². The summed E-state index contributed by atoms with van der Waals surface area (Å²) in [5.74, 6) is 0. The lowest BCUT2D eigenvalue weighted by Gasteiger charge is -2.10. The van der Waals surface area contributed by atoms with Gasteiger partial charge >= 0.3 is 0 Å². The highest BCUT2D eigenvalue weighted by Gasteiger charge is 2.15. The molecular weight excluding hydrogens is 414 g/mol. The molecule has 0 amide bonds. The number of hydrogen-bond donors (Lipinski definition) is 1. The van der Waals surface area contributed by atoms with Crippen LogP contribution >= 0.6 is 0 Å². The van der Waals surface area contributed by atoms with Gasteiger partial charge in [-0.2, -0.15) is 0 Å². The number of nitrogens with two attached hydrogens (primary N) is 1. The van der Waals surface area contributed by atoms with Crippen LogP contribution in [0.15, 0.2) is 115 Å². The average Bonchev–Trinajstić information content (AvgIpc) is 3.37. The second kappa shape index (κ2) is 7.26. The molecule has 2 aromatic heterocycles. The highest BCUT2D eigenvalue weighted by molar-refractivity contribution is 6.11. The van der Waals surface area contributed by atoms with Crippen molar-refractivity contribution in [3.8, 4) is 5.69 Å². The molecule has 0 aliphatic carbocycles. The minimum Gasteiger partial charge on any atom is -0.399 e. The molecule has 0 saturated carbocycles. The SMILES string of the molecule is Nc1ccc2c(c1)c1cc(Cn3c4ccccc4c4ccccc43)ccc1n2-c1ccccc1. The summed E-state index contributed by atoms with van der Waals surface area (Å²) >= 11 is 0. The minimum atomic E-state index is 0.785. The third-order valence-electron chi connectivity index (χ3n) is 6.89. The first-order chi connectivity index (χ1) is 16.8. The molecule has 5 aromatic carbocycles. The van der Waals surface area contributed by atoms with Gasteiger partial charge in [-0.15, -0.1) is 0 Å². The zero-order chi connectivity index (χ0) is 22.6. The Morgan fingerprint density at radius 2 is 1.09 bits per heavy atom. The molecule has 162 valence electrons. The number of nitrogens with zero attached hydrogens (tertiary/aromatic N) is 2. The first-order valence-corrected chi connectivity index (χ1v) is 11.6. The van der Waals surface area contributed by atoms with Gasteiger partial charge in [-0.25, -0.2) is 0 Å². The predicted molar refractivity (Wildman–Crippen MR) is 144 cm³/mol. The average molecular weight is 438 g/mol. The second-order valence-corrected chi connectivity index (χ2v) is 8.92. The predicted octanol–water partition coefficient (Wildman–Crippen LogP) is 7.52. The molecule has 0 unspecified atom stereocenters. The third-order valence-corrected chi connectivity index (χ3v) is 6.89. The molecule has 7 rings (SSSR count). The number of benzene rings is 5. The van der Waals surface area contributed by atoms with Crippen molar-refractivity contribution in [3.63, 3.8) is 0 Å². The van der Waals surface area contributed by atoms with Gasteiger partial charge in [0.05, 0.1) is 11.0 Å². The molecule has 0 aliphatic rings. The summed E-state index contributed by atoms with van der Waals surface area (Å²) in [6, 6.07) is 40.9. The van der Waals surface area contributed by atoms with Crippen molar-refractivity contribution >= 4 is 49.3 Å². The number of fused-ring (bicyclic) bond motifs is 6. The summed E-state index contributed by atoms with van der Waals surface area (Å²) in [6.45, 7) is 0.810. The van der Waals surface area contributed by atoms with E-state index in [1.54, 1.807) is 0 Å². The van der Waals surface area contributed by atoms with Crippen LogP contribution in [0.4, 0.5) is 5.69 Å². The van der Waals surface area contributed by atoms with Gasteiger partial charge in [-0.3, -0.25) is 0 Å². The van der Waals surface area contributed by atoms with E-state index in [9.17, 15) is 0 Å². The number of nitrogen functional groups attached to an aromatic ring is 1. The maximum atomic E-state index is 6.22. The van der Waals surface area contributed by atoms with Gasteiger partial charge in [0.25, 0.3) is 0 Å². The molecule has 3 nitrogen and oxygen atoms in total. The monoisotopic (exact) mass is 437 g/mol. The van der Waals surface area contributed by atoms with E-state index in [1.165, 1.54) is 49.2 Å². The van der Waals surface area contributed by atoms with Crippen molar-refractivity contribution < 1.29 is 0 Å². The minimum absolute atomic E-state index is 0.785. The Morgan fingerprint density at radius 3 is 1.79 bits per heavy atom. The van der Waals surface area contributed by atoms with Crippen molar-refractivity contribution in [2.45, 2.75) is 6.54 Å². The standard InChI is InChI=1S/C31H23N3/c32-22-15-17-31-27(19-22)26-18-21(14-16-30(26)34(31)23-8-2-1-3-9-23)20-33-28-12-6-4-10-24(28)25-11-5-7-13-29(25)33/h1-19H,20,32H2. The normalized spacial score (nSPS) is 11.8. The number of para-hydroxylation sites is 3. The summed E-state index contributed by atoms with van der Waals surface area (Å²) in [4.78, 5) is 0. The lowest BCUT2D eigenvalue weighted by atomic mass is 10.1. The quantitative estimate of drug-likeness (QED) is 0.285. The maximum absolute atomic E-state index is 6.22. The van der Waals surface area contributed by atoms with E-state index in [-0.39, 0.29) is 0 Å². The summed E-state index contributed by atoms with van der Waals surface area (Å²) < 4.78 is 4.75. The molecule has 0 radical (unpaired) electrons. The van der Waals surface area contributed by atoms with Crippen LogP contribution in [0.5, 0.6) is 0 Å². The third kappa shape index (κ3) is 2.77. The van der Waals surface area contributed by atoms with Crippen LogP contribution in [0, 0.1) is 0 Å². The molecule has 0 aliphatic heterocycles. The molecule has 2 heterocycles.